The third kappa shape index (κ3) is 9.47. The molecule has 14 heteroatoms. The summed E-state index contributed by atoms with van der Waals surface area (Å²) in [5, 5.41) is 8.67. The minimum absolute atomic E-state index is 0.0123. The maximum atomic E-state index is 12.9. The van der Waals surface area contributed by atoms with Crippen LogP contribution < -0.4 is 16.0 Å². The summed E-state index contributed by atoms with van der Waals surface area (Å²) in [5.41, 5.74) is 1.57. The molecule has 0 radical (unpaired) electrons. The van der Waals surface area contributed by atoms with Crippen LogP contribution in [0, 0.1) is 0 Å². The lowest BCUT2D eigenvalue weighted by atomic mass is 10.2. The molecule has 0 aliphatic carbocycles. The highest BCUT2D eigenvalue weighted by Crippen LogP contribution is 2.30. The van der Waals surface area contributed by atoms with Crippen LogP contribution in [0.3, 0.4) is 0 Å². The number of likely N-dealkylation sites (N-methyl/N-ethyl adjacent to an activating group) is 1. The Morgan fingerprint density at radius 1 is 1.02 bits per heavy atom. The quantitative estimate of drug-likeness (QED) is 0.246. The summed E-state index contributed by atoms with van der Waals surface area (Å²) in [7, 11) is 0.335. The van der Waals surface area contributed by atoms with E-state index in [-0.39, 0.29) is 40.0 Å². The van der Waals surface area contributed by atoms with Crippen molar-refractivity contribution in [2.45, 2.75) is 24.0 Å². The van der Waals surface area contributed by atoms with Gasteiger partial charge in [0.15, 0.2) is 15.7 Å². The number of piperazine rings is 1. The number of halogens is 1. The summed E-state index contributed by atoms with van der Waals surface area (Å²) >= 11 is 6.35. The number of sulfone groups is 1. The van der Waals surface area contributed by atoms with Gasteiger partial charge in [-0.05, 0) is 58.3 Å². The summed E-state index contributed by atoms with van der Waals surface area (Å²) in [6.07, 6.45) is 4.87. The molecule has 3 N–H and O–H groups in total. The molecule has 0 spiro atoms. The minimum atomic E-state index is -3.56. The number of para-hydroxylation sites is 1. The van der Waals surface area contributed by atoms with Gasteiger partial charge in [-0.3, -0.25) is 14.5 Å². The smallest absolute Gasteiger partial charge is 0.246 e. The first-order chi connectivity index (χ1) is 21.4. The van der Waals surface area contributed by atoms with E-state index in [9.17, 15) is 18.0 Å². The second kappa shape index (κ2) is 15.3. The monoisotopic (exact) mass is 654 g/mol. The fourth-order valence-corrected chi connectivity index (χ4v) is 5.86. The predicted molar refractivity (Wildman–Crippen MR) is 178 cm³/mol. The van der Waals surface area contributed by atoms with Crippen molar-refractivity contribution in [2.75, 3.05) is 69.3 Å². The van der Waals surface area contributed by atoms with Crippen LogP contribution in [0.25, 0.3) is 0 Å². The Balaban J connectivity index is 1.35. The molecule has 1 aliphatic rings. The maximum absolute atomic E-state index is 12.9. The predicted octanol–water partition coefficient (Wildman–Crippen LogP) is 4.00. The Kier molecular flexibility index (Phi) is 11.5. The van der Waals surface area contributed by atoms with Crippen LogP contribution in [-0.2, 0) is 19.4 Å². The molecule has 0 unspecified atom stereocenters. The number of anilines is 5. The molecule has 1 fully saturated rings. The van der Waals surface area contributed by atoms with Gasteiger partial charge in [-0.15, -0.1) is 0 Å². The molecule has 2 amide bonds. The van der Waals surface area contributed by atoms with Gasteiger partial charge in [0.05, 0.1) is 28.6 Å². The van der Waals surface area contributed by atoms with Gasteiger partial charge in [0, 0.05) is 50.2 Å². The van der Waals surface area contributed by atoms with Gasteiger partial charge in [0.25, 0.3) is 0 Å². The van der Waals surface area contributed by atoms with E-state index in [0.717, 1.165) is 0 Å². The van der Waals surface area contributed by atoms with E-state index in [0.29, 0.717) is 49.8 Å². The number of amides is 2. The number of carbonyl (C=O) groups excluding carboxylic acids is 2. The van der Waals surface area contributed by atoms with E-state index >= 15 is 0 Å². The average molecular weight is 655 g/mol. The molecule has 0 saturated carbocycles. The topological polar surface area (TPSA) is 140 Å². The molecule has 0 bridgehead atoms. The molecular weight excluding hydrogens is 616 g/mol. The van der Waals surface area contributed by atoms with E-state index in [2.05, 4.69) is 25.9 Å². The number of nitrogens with zero attached hydrogens (tertiary/aromatic N) is 5. The molecule has 1 aromatic heterocycles. The van der Waals surface area contributed by atoms with Crippen molar-refractivity contribution >= 4 is 62.1 Å². The lowest BCUT2D eigenvalue weighted by Gasteiger charge is -2.33. The first kappa shape index (κ1) is 33.8. The number of nitrogens with one attached hydrogen (secondary N) is 3. The highest BCUT2D eigenvalue weighted by molar-refractivity contribution is 7.92. The fourth-order valence-electron chi connectivity index (χ4n) is 4.52. The van der Waals surface area contributed by atoms with Crippen LogP contribution in [0.1, 0.15) is 13.8 Å². The van der Waals surface area contributed by atoms with Gasteiger partial charge in [-0.2, -0.15) is 4.98 Å². The Morgan fingerprint density at radius 2 is 1.73 bits per heavy atom. The Morgan fingerprint density at radius 3 is 2.44 bits per heavy atom. The lowest BCUT2D eigenvalue weighted by molar-refractivity contribution is -0.128. The van der Waals surface area contributed by atoms with Crippen LogP contribution in [-0.4, -0.2) is 104 Å². The van der Waals surface area contributed by atoms with Crippen molar-refractivity contribution in [1.82, 2.24) is 24.7 Å². The Labute approximate surface area is 269 Å². The zero-order valence-corrected chi connectivity index (χ0v) is 27.4. The molecule has 0 atom stereocenters. The van der Waals surface area contributed by atoms with Crippen molar-refractivity contribution in [1.29, 1.82) is 0 Å². The van der Waals surface area contributed by atoms with Gasteiger partial charge < -0.3 is 25.8 Å². The number of hydrogen-bond acceptors (Lipinski definition) is 10. The maximum Gasteiger partial charge on any atom is 0.246 e. The van der Waals surface area contributed by atoms with Crippen LogP contribution in [0.5, 0.6) is 0 Å². The molecule has 2 aromatic carbocycles. The van der Waals surface area contributed by atoms with Crippen LogP contribution >= 0.6 is 11.6 Å². The van der Waals surface area contributed by atoms with Gasteiger partial charge in [0.2, 0.25) is 17.8 Å². The van der Waals surface area contributed by atoms with E-state index in [1.54, 1.807) is 73.4 Å². The number of benzene rings is 2. The zero-order valence-electron chi connectivity index (χ0n) is 25.8. The lowest BCUT2D eigenvalue weighted by Crippen LogP contribution is -2.50. The normalized spacial score (nSPS) is 14.2. The molecule has 240 valence electrons. The van der Waals surface area contributed by atoms with Crippen LogP contribution in [0.2, 0.25) is 5.02 Å². The van der Waals surface area contributed by atoms with E-state index in [1.807, 2.05) is 30.0 Å². The van der Waals surface area contributed by atoms with Crippen molar-refractivity contribution in [3.05, 3.63) is 71.9 Å². The molecule has 3 aromatic rings. The standard InChI is InChI=1S/C31H39ClN8O4S/c1-22(2)45(43,44)27-12-6-5-11-26(27)36-30-25(32)20-33-31(37-30)35-24-10-7-9-23(19-24)34-28(41)21-39-15-17-40(18-16-39)29(42)13-8-14-38(3)4/h5-13,19-20,22H,14-18,21H2,1-4H3,(H,34,41)(H2,33,35,36,37). The molecule has 4 rings (SSSR count). The SMILES string of the molecule is CC(C)S(=O)(=O)c1ccccc1Nc1nc(Nc2cccc(NC(=O)CN3CCN(C(=O)C=CCN(C)C)CC3)c2)ncc1Cl. The molecule has 2 heterocycles. The third-order valence-corrected chi connectivity index (χ3v) is 9.48. The molecule has 1 aliphatic heterocycles. The van der Waals surface area contributed by atoms with E-state index in [4.69, 9.17) is 11.6 Å². The summed E-state index contributed by atoms with van der Waals surface area (Å²) in [6.45, 7) is 6.51. The summed E-state index contributed by atoms with van der Waals surface area (Å²) < 4.78 is 25.7. The van der Waals surface area contributed by atoms with Gasteiger partial charge >= 0.3 is 0 Å². The highest BCUT2D eigenvalue weighted by atomic mass is 35.5. The number of rotatable bonds is 12. The fraction of sp³-hybridized carbons (Fsp3) is 0.355. The Hall–Kier alpha value is -4.04. The number of aromatic nitrogens is 2. The first-order valence-electron chi connectivity index (χ1n) is 14.5. The van der Waals surface area contributed by atoms with Crippen molar-refractivity contribution in [3.8, 4) is 0 Å². The third-order valence-electron chi connectivity index (χ3n) is 7.00. The number of hydrogen-bond donors (Lipinski definition) is 3. The van der Waals surface area contributed by atoms with Crippen molar-refractivity contribution in [2.24, 2.45) is 0 Å². The largest absolute Gasteiger partial charge is 0.338 e. The molecule has 1 saturated heterocycles. The minimum Gasteiger partial charge on any atom is -0.338 e. The van der Waals surface area contributed by atoms with Gasteiger partial charge in [-0.1, -0.05) is 35.9 Å². The summed E-state index contributed by atoms with van der Waals surface area (Å²) in [4.78, 5) is 39.8. The van der Waals surface area contributed by atoms with Crippen LogP contribution in [0.15, 0.2) is 71.8 Å². The molecular formula is C31H39ClN8O4S. The van der Waals surface area contributed by atoms with Gasteiger partial charge in [0.1, 0.15) is 5.02 Å². The van der Waals surface area contributed by atoms with E-state index in [1.165, 1.54) is 6.20 Å². The number of carbonyl (C=O) groups is 2. The highest BCUT2D eigenvalue weighted by Gasteiger charge is 2.24. The zero-order chi connectivity index (χ0) is 32.6. The Bertz CT molecular complexity index is 1640. The summed E-state index contributed by atoms with van der Waals surface area (Å²) in [6, 6.07) is 13.7. The molecule has 45 heavy (non-hydrogen) atoms. The average Bonchev–Trinajstić information content (AvgIpc) is 2.99. The summed E-state index contributed by atoms with van der Waals surface area (Å²) in [5.74, 6) is 0.277. The van der Waals surface area contributed by atoms with Crippen molar-refractivity contribution < 1.29 is 18.0 Å². The second-order valence-corrected chi connectivity index (χ2v) is 14.0. The van der Waals surface area contributed by atoms with Crippen molar-refractivity contribution in [3.63, 3.8) is 0 Å². The second-order valence-electron chi connectivity index (χ2n) is 11.1. The molecule has 12 nitrogen and oxygen atoms in total. The van der Waals surface area contributed by atoms with Gasteiger partial charge in [-0.25, -0.2) is 13.4 Å². The first-order valence-corrected chi connectivity index (χ1v) is 16.5. The van der Waals surface area contributed by atoms with Crippen LogP contribution in [0.4, 0.5) is 28.8 Å². The van der Waals surface area contributed by atoms with E-state index < -0.39 is 15.1 Å².